The fraction of sp³-hybridized carbons (Fsp3) is 0.333. The van der Waals surface area contributed by atoms with E-state index in [0.29, 0.717) is 22.5 Å². The lowest BCUT2D eigenvalue weighted by Gasteiger charge is -2.23. The quantitative estimate of drug-likeness (QED) is 0.685. The van der Waals surface area contributed by atoms with Crippen molar-refractivity contribution in [3.05, 3.63) is 59.8 Å². The summed E-state index contributed by atoms with van der Waals surface area (Å²) < 4.78 is 1.91. The van der Waals surface area contributed by atoms with Crippen LogP contribution < -0.4 is 5.32 Å². The van der Waals surface area contributed by atoms with Crippen LogP contribution >= 0.6 is 0 Å². The van der Waals surface area contributed by atoms with E-state index in [1.807, 2.05) is 43.7 Å². The average molecular weight is 402 g/mol. The van der Waals surface area contributed by atoms with Crippen LogP contribution in [0.4, 0.5) is 0 Å². The molecule has 0 atom stereocenters. The van der Waals surface area contributed by atoms with Gasteiger partial charge in [0.1, 0.15) is 0 Å². The van der Waals surface area contributed by atoms with Crippen molar-refractivity contribution in [2.45, 2.75) is 52.6 Å². The van der Waals surface area contributed by atoms with E-state index in [-0.39, 0.29) is 17.0 Å². The summed E-state index contributed by atoms with van der Waals surface area (Å²) >= 11 is 0. The summed E-state index contributed by atoms with van der Waals surface area (Å²) in [4.78, 5) is 17.8. The molecule has 6 nitrogen and oxygen atoms in total. The maximum Gasteiger partial charge on any atom is 0.251 e. The number of amides is 1. The standard InChI is InChI=1S/C24H27N5O/c1-23(2,3)28-22(30)18-13-19(17-9-7-16(15-25)8-10-17)27-20(14-18)21-11-12-26-29(21)24(4,5)6/h7-14H,1-6H3,(H,28,30). The van der Waals surface area contributed by atoms with Crippen molar-refractivity contribution in [3.63, 3.8) is 0 Å². The number of nitrogens with one attached hydrogen (secondary N) is 1. The summed E-state index contributed by atoms with van der Waals surface area (Å²) in [7, 11) is 0. The molecule has 0 radical (unpaired) electrons. The largest absolute Gasteiger partial charge is 0.347 e. The topological polar surface area (TPSA) is 83.6 Å². The Kier molecular flexibility index (Phi) is 5.49. The highest BCUT2D eigenvalue weighted by Crippen LogP contribution is 2.28. The molecule has 3 aromatic rings. The number of hydrogen-bond donors (Lipinski definition) is 1. The molecule has 30 heavy (non-hydrogen) atoms. The van der Waals surface area contributed by atoms with Crippen LogP contribution in [-0.4, -0.2) is 26.2 Å². The molecule has 0 aliphatic carbocycles. The molecule has 0 aliphatic heterocycles. The van der Waals surface area contributed by atoms with Crippen LogP contribution in [-0.2, 0) is 5.54 Å². The number of carbonyl (C=O) groups excluding carboxylic acids is 1. The van der Waals surface area contributed by atoms with Crippen LogP contribution in [0, 0.1) is 11.3 Å². The minimum Gasteiger partial charge on any atom is -0.347 e. The van der Waals surface area contributed by atoms with Crippen LogP contribution in [0.3, 0.4) is 0 Å². The molecular formula is C24H27N5O. The smallest absolute Gasteiger partial charge is 0.251 e. The third kappa shape index (κ3) is 4.74. The second kappa shape index (κ2) is 7.75. The van der Waals surface area contributed by atoms with E-state index in [1.165, 1.54) is 0 Å². The maximum atomic E-state index is 12.9. The van der Waals surface area contributed by atoms with Crippen molar-refractivity contribution >= 4 is 5.91 Å². The molecule has 1 N–H and O–H groups in total. The summed E-state index contributed by atoms with van der Waals surface area (Å²) in [6.07, 6.45) is 1.74. The Morgan fingerprint density at radius 2 is 1.63 bits per heavy atom. The summed E-state index contributed by atoms with van der Waals surface area (Å²) in [5.74, 6) is -0.164. The molecule has 0 spiro atoms. The highest BCUT2D eigenvalue weighted by Gasteiger charge is 2.22. The van der Waals surface area contributed by atoms with E-state index in [9.17, 15) is 4.79 Å². The summed E-state index contributed by atoms with van der Waals surface area (Å²) in [6.45, 7) is 12.1. The number of nitrogens with zero attached hydrogens (tertiary/aromatic N) is 4. The Balaban J connectivity index is 2.17. The molecule has 0 bridgehead atoms. The van der Waals surface area contributed by atoms with Crippen molar-refractivity contribution in [1.82, 2.24) is 20.1 Å². The van der Waals surface area contributed by atoms with Gasteiger partial charge in [-0.15, -0.1) is 0 Å². The van der Waals surface area contributed by atoms with E-state index < -0.39 is 0 Å². The number of hydrogen-bond acceptors (Lipinski definition) is 4. The number of rotatable bonds is 3. The fourth-order valence-corrected chi connectivity index (χ4v) is 3.10. The third-order valence-corrected chi connectivity index (χ3v) is 4.43. The predicted octanol–water partition coefficient (Wildman–Crippen LogP) is 4.77. The summed E-state index contributed by atoms with van der Waals surface area (Å²) in [5, 5.41) is 16.6. The zero-order valence-electron chi connectivity index (χ0n) is 18.3. The van der Waals surface area contributed by atoms with E-state index in [4.69, 9.17) is 10.2 Å². The van der Waals surface area contributed by atoms with Crippen LogP contribution in [0.15, 0.2) is 48.7 Å². The molecular weight excluding hydrogens is 374 g/mol. The Morgan fingerprint density at radius 1 is 1.00 bits per heavy atom. The van der Waals surface area contributed by atoms with E-state index in [1.54, 1.807) is 30.5 Å². The monoisotopic (exact) mass is 401 g/mol. The first-order valence-electron chi connectivity index (χ1n) is 9.88. The molecule has 2 heterocycles. The van der Waals surface area contributed by atoms with Gasteiger partial charge in [-0.05, 0) is 71.9 Å². The van der Waals surface area contributed by atoms with E-state index in [2.05, 4.69) is 37.3 Å². The van der Waals surface area contributed by atoms with Gasteiger partial charge in [0.15, 0.2) is 0 Å². The van der Waals surface area contributed by atoms with Gasteiger partial charge in [-0.2, -0.15) is 10.4 Å². The molecule has 6 heteroatoms. The van der Waals surface area contributed by atoms with Gasteiger partial charge in [-0.1, -0.05) is 12.1 Å². The number of benzene rings is 1. The minimum atomic E-state index is -0.359. The van der Waals surface area contributed by atoms with Crippen LogP contribution in [0.5, 0.6) is 0 Å². The van der Waals surface area contributed by atoms with E-state index >= 15 is 0 Å². The maximum absolute atomic E-state index is 12.9. The second-order valence-corrected chi connectivity index (χ2v) is 9.32. The van der Waals surface area contributed by atoms with Crippen molar-refractivity contribution in [1.29, 1.82) is 5.26 Å². The lowest BCUT2D eigenvalue weighted by Crippen LogP contribution is -2.40. The highest BCUT2D eigenvalue weighted by molar-refractivity contribution is 5.96. The van der Waals surface area contributed by atoms with Gasteiger partial charge >= 0.3 is 0 Å². The van der Waals surface area contributed by atoms with Crippen molar-refractivity contribution < 1.29 is 4.79 Å². The van der Waals surface area contributed by atoms with Gasteiger partial charge in [-0.25, -0.2) is 4.98 Å². The number of carbonyl (C=O) groups is 1. The lowest BCUT2D eigenvalue weighted by molar-refractivity contribution is 0.0919. The molecule has 0 saturated carbocycles. The van der Waals surface area contributed by atoms with Crippen molar-refractivity contribution in [2.75, 3.05) is 0 Å². The van der Waals surface area contributed by atoms with E-state index in [0.717, 1.165) is 11.3 Å². The first-order valence-corrected chi connectivity index (χ1v) is 9.88. The molecule has 0 unspecified atom stereocenters. The molecule has 1 aromatic carbocycles. The summed E-state index contributed by atoms with van der Waals surface area (Å²) in [5.41, 5.74) is 3.51. The SMILES string of the molecule is CC(C)(C)NC(=O)c1cc(-c2ccc(C#N)cc2)nc(-c2ccnn2C(C)(C)C)c1. The number of pyridine rings is 1. The summed E-state index contributed by atoms with van der Waals surface area (Å²) in [6, 6.07) is 14.8. The van der Waals surface area contributed by atoms with Crippen LogP contribution in [0.2, 0.25) is 0 Å². The first-order chi connectivity index (χ1) is 14.0. The molecule has 0 saturated heterocycles. The second-order valence-electron chi connectivity index (χ2n) is 9.32. The van der Waals surface area contributed by atoms with Crippen molar-refractivity contribution in [3.8, 4) is 28.7 Å². The third-order valence-electron chi connectivity index (χ3n) is 4.43. The predicted molar refractivity (Wildman–Crippen MR) is 118 cm³/mol. The lowest BCUT2D eigenvalue weighted by atomic mass is 10.0. The van der Waals surface area contributed by atoms with Crippen LogP contribution in [0.1, 0.15) is 57.5 Å². The molecule has 0 fully saturated rings. The number of nitriles is 1. The first kappa shape index (κ1) is 21.3. The molecule has 0 aliphatic rings. The van der Waals surface area contributed by atoms with Gasteiger partial charge in [0.05, 0.1) is 34.3 Å². The normalized spacial score (nSPS) is 11.8. The fourth-order valence-electron chi connectivity index (χ4n) is 3.10. The molecule has 1 amide bonds. The Hall–Kier alpha value is -3.46. The zero-order valence-corrected chi connectivity index (χ0v) is 18.3. The Morgan fingerprint density at radius 3 is 2.20 bits per heavy atom. The average Bonchev–Trinajstić information content (AvgIpc) is 3.17. The van der Waals surface area contributed by atoms with Gasteiger partial charge < -0.3 is 5.32 Å². The molecule has 3 rings (SSSR count). The molecule has 2 aromatic heterocycles. The Bertz CT molecular complexity index is 1110. The Labute approximate surface area is 177 Å². The van der Waals surface area contributed by atoms with Gasteiger partial charge in [0.25, 0.3) is 5.91 Å². The van der Waals surface area contributed by atoms with Gasteiger partial charge in [0, 0.05) is 22.9 Å². The van der Waals surface area contributed by atoms with Crippen LogP contribution in [0.25, 0.3) is 22.6 Å². The zero-order chi connectivity index (χ0) is 22.1. The van der Waals surface area contributed by atoms with Gasteiger partial charge in [-0.3, -0.25) is 9.48 Å². The molecule has 154 valence electrons. The van der Waals surface area contributed by atoms with Crippen molar-refractivity contribution in [2.24, 2.45) is 0 Å². The van der Waals surface area contributed by atoms with Gasteiger partial charge in [0.2, 0.25) is 0 Å². The highest BCUT2D eigenvalue weighted by atomic mass is 16.1. The minimum absolute atomic E-state index is 0.164. The number of aromatic nitrogens is 3.